The Morgan fingerprint density at radius 1 is 1.29 bits per heavy atom. The number of nitrogens with two attached hydrogens (primary N) is 1. The van der Waals surface area contributed by atoms with Gasteiger partial charge in [-0.1, -0.05) is 12.1 Å². The number of rotatable bonds is 5. The topological polar surface area (TPSA) is 63.9 Å². The van der Waals surface area contributed by atoms with E-state index in [2.05, 4.69) is 22.1 Å². The first-order valence-corrected chi connectivity index (χ1v) is 5.67. The summed E-state index contributed by atoms with van der Waals surface area (Å²) in [6.45, 7) is 0.625. The lowest BCUT2D eigenvalue weighted by molar-refractivity contribution is 0.414. The highest BCUT2D eigenvalue weighted by molar-refractivity contribution is 5.30. The van der Waals surface area contributed by atoms with Crippen LogP contribution in [-0.4, -0.2) is 23.6 Å². The summed E-state index contributed by atoms with van der Waals surface area (Å²) in [7, 11) is 1.67. The maximum atomic E-state index is 5.55. The van der Waals surface area contributed by atoms with Gasteiger partial charge in [0.05, 0.1) is 19.1 Å². The molecule has 0 saturated carbocycles. The summed E-state index contributed by atoms with van der Waals surface area (Å²) in [6, 6.07) is 8.06. The highest BCUT2D eigenvalue weighted by atomic mass is 16.5. The molecule has 2 rings (SSSR count). The van der Waals surface area contributed by atoms with Crippen molar-refractivity contribution in [2.75, 3.05) is 13.7 Å². The van der Waals surface area contributed by atoms with Gasteiger partial charge in [0.15, 0.2) is 0 Å². The molecule has 0 bridgehead atoms. The molecule has 0 radical (unpaired) electrons. The first kappa shape index (κ1) is 11.7. The monoisotopic (exact) mass is 231 g/mol. The van der Waals surface area contributed by atoms with Crippen LogP contribution in [-0.2, 0) is 12.8 Å². The van der Waals surface area contributed by atoms with E-state index in [4.69, 9.17) is 10.5 Å². The second kappa shape index (κ2) is 5.50. The van der Waals surface area contributed by atoms with Crippen LogP contribution in [0, 0.1) is 0 Å². The predicted molar refractivity (Wildman–Crippen MR) is 67.1 cm³/mol. The lowest BCUT2D eigenvalue weighted by Gasteiger charge is -2.04. The van der Waals surface area contributed by atoms with Crippen LogP contribution in [0.2, 0.25) is 0 Å². The summed E-state index contributed by atoms with van der Waals surface area (Å²) in [4.78, 5) is 7.45. The third kappa shape index (κ3) is 2.85. The SMILES string of the molecule is COc1ccc(Cc2[nH]cnc2CCN)cc1. The minimum atomic E-state index is 0.625. The number of imidazole rings is 1. The van der Waals surface area contributed by atoms with Crippen LogP contribution in [0.1, 0.15) is 17.0 Å². The molecule has 0 fully saturated rings. The highest BCUT2D eigenvalue weighted by Gasteiger charge is 2.05. The molecule has 1 aromatic heterocycles. The summed E-state index contributed by atoms with van der Waals surface area (Å²) >= 11 is 0. The number of hydrogen-bond acceptors (Lipinski definition) is 3. The first-order chi connectivity index (χ1) is 8.33. The molecule has 0 spiro atoms. The standard InChI is InChI=1S/C13H17N3O/c1-17-11-4-2-10(3-5-11)8-13-12(6-7-14)15-9-16-13/h2-5,9H,6-8,14H2,1H3,(H,15,16). The van der Waals surface area contributed by atoms with Gasteiger partial charge in [-0.25, -0.2) is 4.98 Å². The molecule has 17 heavy (non-hydrogen) atoms. The van der Waals surface area contributed by atoms with Crippen molar-refractivity contribution < 1.29 is 4.74 Å². The summed E-state index contributed by atoms with van der Waals surface area (Å²) in [5, 5.41) is 0. The average Bonchev–Trinajstić information content (AvgIpc) is 2.78. The van der Waals surface area contributed by atoms with Crippen LogP contribution in [0.3, 0.4) is 0 Å². The van der Waals surface area contributed by atoms with Crippen LogP contribution in [0.5, 0.6) is 5.75 Å². The molecule has 1 aromatic carbocycles. The number of ether oxygens (including phenoxy) is 1. The molecule has 0 atom stereocenters. The minimum absolute atomic E-state index is 0.625. The fourth-order valence-electron chi connectivity index (χ4n) is 1.80. The van der Waals surface area contributed by atoms with Gasteiger partial charge < -0.3 is 15.5 Å². The number of benzene rings is 1. The van der Waals surface area contributed by atoms with Crippen LogP contribution >= 0.6 is 0 Å². The molecule has 0 aliphatic carbocycles. The molecule has 4 heteroatoms. The molecule has 2 aromatic rings. The van der Waals surface area contributed by atoms with E-state index in [1.54, 1.807) is 13.4 Å². The maximum absolute atomic E-state index is 5.55. The highest BCUT2D eigenvalue weighted by Crippen LogP contribution is 2.15. The summed E-state index contributed by atoms with van der Waals surface area (Å²) < 4.78 is 5.13. The van der Waals surface area contributed by atoms with E-state index in [1.807, 2.05) is 12.1 Å². The van der Waals surface area contributed by atoms with Gasteiger partial charge in [0.25, 0.3) is 0 Å². The van der Waals surface area contributed by atoms with Gasteiger partial charge in [-0.15, -0.1) is 0 Å². The van der Waals surface area contributed by atoms with E-state index in [9.17, 15) is 0 Å². The zero-order valence-electron chi connectivity index (χ0n) is 9.94. The van der Waals surface area contributed by atoms with Gasteiger partial charge in [0.2, 0.25) is 0 Å². The molecule has 0 unspecified atom stereocenters. The van der Waals surface area contributed by atoms with Crippen molar-refractivity contribution in [3.8, 4) is 5.75 Å². The van der Waals surface area contributed by atoms with Gasteiger partial charge in [0.1, 0.15) is 5.75 Å². The molecule has 90 valence electrons. The fourth-order valence-corrected chi connectivity index (χ4v) is 1.80. The van der Waals surface area contributed by atoms with E-state index in [1.165, 1.54) is 5.56 Å². The van der Waals surface area contributed by atoms with Gasteiger partial charge in [-0.3, -0.25) is 0 Å². The number of nitrogens with one attached hydrogen (secondary N) is 1. The summed E-state index contributed by atoms with van der Waals surface area (Å²) in [6.07, 6.45) is 3.39. The van der Waals surface area contributed by atoms with E-state index < -0.39 is 0 Å². The quantitative estimate of drug-likeness (QED) is 0.819. The van der Waals surface area contributed by atoms with Crippen LogP contribution in [0.4, 0.5) is 0 Å². The van der Waals surface area contributed by atoms with Gasteiger partial charge in [0, 0.05) is 18.5 Å². The Morgan fingerprint density at radius 2 is 2.06 bits per heavy atom. The molecular weight excluding hydrogens is 214 g/mol. The Balaban J connectivity index is 2.10. The Morgan fingerprint density at radius 3 is 2.71 bits per heavy atom. The summed E-state index contributed by atoms with van der Waals surface area (Å²) in [5.41, 5.74) is 8.98. The smallest absolute Gasteiger partial charge is 0.118 e. The molecule has 0 aliphatic heterocycles. The van der Waals surface area contributed by atoms with Crippen molar-refractivity contribution in [2.24, 2.45) is 5.73 Å². The zero-order chi connectivity index (χ0) is 12.1. The first-order valence-electron chi connectivity index (χ1n) is 5.67. The van der Waals surface area contributed by atoms with Gasteiger partial charge in [-0.2, -0.15) is 0 Å². The minimum Gasteiger partial charge on any atom is -0.497 e. The van der Waals surface area contributed by atoms with Gasteiger partial charge >= 0.3 is 0 Å². The van der Waals surface area contributed by atoms with Crippen molar-refractivity contribution in [3.05, 3.63) is 47.5 Å². The Labute approximate surface area is 101 Å². The largest absolute Gasteiger partial charge is 0.497 e. The third-order valence-electron chi connectivity index (χ3n) is 2.73. The van der Waals surface area contributed by atoms with Crippen molar-refractivity contribution in [2.45, 2.75) is 12.8 Å². The van der Waals surface area contributed by atoms with E-state index in [-0.39, 0.29) is 0 Å². The van der Waals surface area contributed by atoms with Crippen LogP contribution in [0.15, 0.2) is 30.6 Å². The third-order valence-corrected chi connectivity index (χ3v) is 2.73. The fraction of sp³-hybridized carbons (Fsp3) is 0.308. The normalized spacial score (nSPS) is 10.5. The van der Waals surface area contributed by atoms with Crippen LogP contribution in [0.25, 0.3) is 0 Å². The van der Waals surface area contributed by atoms with Crippen molar-refractivity contribution >= 4 is 0 Å². The molecule has 0 saturated heterocycles. The van der Waals surface area contributed by atoms with Crippen molar-refractivity contribution in [1.29, 1.82) is 0 Å². The zero-order valence-corrected chi connectivity index (χ0v) is 9.94. The average molecular weight is 231 g/mol. The molecule has 1 heterocycles. The number of aromatic nitrogens is 2. The number of hydrogen-bond donors (Lipinski definition) is 2. The van der Waals surface area contributed by atoms with E-state index in [0.29, 0.717) is 6.54 Å². The Kier molecular flexibility index (Phi) is 3.77. The van der Waals surface area contributed by atoms with Gasteiger partial charge in [-0.05, 0) is 24.2 Å². The maximum Gasteiger partial charge on any atom is 0.118 e. The summed E-state index contributed by atoms with van der Waals surface area (Å²) in [5.74, 6) is 0.876. The number of aromatic amines is 1. The lowest BCUT2D eigenvalue weighted by Crippen LogP contribution is -2.05. The second-order valence-corrected chi connectivity index (χ2v) is 3.89. The van der Waals surface area contributed by atoms with E-state index in [0.717, 1.165) is 30.0 Å². The number of H-pyrrole nitrogens is 1. The molecule has 0 amide bonds. The molecule has 3 N–H and O–H groups in total. The molecule has 0 aliphatic rings. The van der Waals surface area contributed by atoms with Crippen molar-refractivity contribution in [1.82, 2.24) is 9.97 Å². The molecule has 4 nitrogen and oxygen atoms in total. The Bertz CT molecular complexity index is 462. The van der Waals surface area contributed by atoms with Crippen LogP contribution < -0.4 is 10.5 Å². The van der Waals surface area contributed by atoms with E-state index >= 15 is 0 Å². The Hall–Kier alpha value is -1.81. The molecular formula is C13H17N3O. The predicted octanol–water partition coefficient (Wildman–Crippen LogP) is 1.51. The number of methoxy groups -OCH3 is 1. The lowest BCUT2D eigenvalue weighted by atomic mass is 10.1. The second-order valence-electron chi connectivity index (χ2n) is 3.89. The van der Waals surface area contributed by atoms with Crippen molar-refractivity contribution in [3.63, 3.8) is 0 Å². The number of nitrogens with zero attached hydrogens (tertiary/aromatic N) is 1.